The molecule has 3 N–H and O–H groups in total. The van der Waals surface area contributed by atoms with Crippen LogP contribution in [0.2, 0.25) is 0 Å². The van der Waals surface area contributed by atoms with Crippen molar-refractivity contribution in [2.24, 2.45) is 17.6 Å². The van der Waals surface area contributed by atoms with Crippen LogP contribution in [0.4, 0.5) is 0 Å². The first-order chi connectivity index (χ1) is 10.1. The molecule has 4 heteroatoms. The maximum atomic E-state index is 12.2. The van der Waals surface area contributed by atoms with Crippen LogP contribution in [0.5, 0.6) is 0 Å². The van der Waals surface area contributed by atoms with Crippen LogP contribution >= 0.6 is 0 Å². The van der Waals surface area contributed by atoms with Gasteiger partial charge in [-0.2, -0.15) is 0 Å². The highest BCUT2D eigenvalue weighted by Crippen LogP contribution is 2.40. The standard InChI is InChI=1S/C17H33N3O/c1-3-5-14-8-11-20(12-9-14)13-17(16(18)21,15-6-7-15)19-10-4-2/h14-15,19H,3-13H2,1-2H3,(H2,18,21). The van der Waals surface area contributed by atoms with E-state index in [-0.39, 0.29) is 5.91 Å². The van der Waals surface area contributed by atoms with Crippen molar-refractivity contribution in [1.29, 1.82) is 0 Å². The molecule has 0 aromatic rings. The summed E-state index contributed by atoms with van der Waals surface area (Å²) < 4.78 is 0. The minimum Gasteiger partial charge on any atom is -0.368 e. The number of carbonyl (C=O) groups is 1. The lowest BCUT2D eigenvalue weighted by Gasteiger charge is -2.40. The fraction of sp³-hybridized carbons (Fsp3) is 0.941. The number of nitrogens with zero attached hydrogens (tertiary/aromatic N) is 1. The van der Waals surface area contributed by atoms with Crippen molar-refractivity contribution in [2.45, 2.75) is 64.3 Å². The Hall–Kier alpha value is -0.610. The largest absolute Gasteiger partial charge is 0.368 e. The number of likely N-dealkylation sites (tertiary alicyclic amines) is 1. The number of nitrogens with one attached hydrogen (secondary N) is 1. The Morgan fingerprint density at radius 3 is 2.33 bits per heavy atom. The molecule has 1 atom stereocenters. The lowest BCUT2D eigenvalue weighted by Crippen LogP contribution is -2.64. The third kappa shape index (κ3) is 4.19. The topological polar surface area (TPSA) is 58.4 Å². The smallest absolute Gasteiger partial charge is 0.239 e. The van der Waals surface area contributed by atoms with E-state index in [1.165, 1.54) is 25.7 Å². The van der Waals surface area contributed by atoms with Crippen LogP contribution in [-0.2, 0) is 4.79 Å². The molecular weight excluding hydrogens is 262 g/mol. The second-order valence-electron chi connectivity index (χ2n) is 7.04. The Bertz CT molecular complexity index is 335. The molecule has 1 amide bonds. The van der Waals surface area contributed by atoms with Crippen LogP contribution in [-0.4, -0.2) is 42.5 Å². The zero-order valence-electron chi connectivity index (χ0n) is 13.9. The van der Waals surface area contributed by atoms with E-state index in [2.05, 4.69) is 24.1 Å². The van der Waals surface area contributed by atoms with Gasteiger partial charge in [-0.3, -0.25) is 4.79 Å². The number of hydrogen-bond donors (Lipinski definition) is 2. The Balaban J connectivity index is 1.94. The van der Waals surface area contributed by atoms with Crippen LogP contribution in [0.25, 0.3) is 0 Å². The van der Waals surface area contributed by atoms with Crippen molar-refractivity contribution < 1.29 is 4.79 Å². The van der Waals surface area contributed by atoms with Crippen LogP contribution in [0.15, 0.2) is 0 Å². The van der Waals surface area contributed by atoms with Crippen LogP contribution in [0.1, 0.15) is 58.8 Å². The van der Waals surface area contributed by atoms with Gasteiger partial charge in [0.1, 0.15) is 5.54 Å². The zero-order valence-corrected chi connectivity index (χ0v) is 13.9. The average molecular weight is 295 g/mol. The SMILES string of the molecule is CCCNC(CN1CCC(CCC)CC1)(C(N)=O)C1CC1. The van der Waals surface area contributed by atoms with Gasteiger partial charge in [-0.05, 0) is 63.6 Å². The highest BCUT2D eigenvalue weighted by atomic mass is 16.1. The molecular formula is C17H33N3O. The lowest BCUT2D eigenvalue weighted by molar-refractivity contribution is -0.126. The molecule has 21 heavy (non-hydrogen) atoms. The summed E-state index contributed by atoms with van der Waals surface area (Å²) in [6, 6.07) is 0. The summed E-state index contributed by atoms with van der Waals surface area (Å²) in [5, 5.41) is 3.51. The number of rotatable bonds is 9. The van der Waals surface area contributed by atoms with Crippen molar-refractivity contribution in [3.63, 3.8) is 0 Å². The molecule has 2 rings (SSSR count). The Labute approximate surface area is 129 Å². The zero-order chi connectivity index (χ0) is 15.3. The van der Waals surface area contributed by atoms with Gasteiger partial charge in [-0.15, -0.1) is 0 Å². The third-order valence-electron chi connectivity index (χ3n) is 5.28. The van der Waals surface area contributed by atoms with Gasteiger partial charge in [0.25, 0.3) is 0 Å². The van der Waals surface area contributed by atoms with Crippen LogP contribution in [0, 0.1) is 11.8 Å². The minimum atomic E-state index is -0.479. The molecule has 1 aliphatic carbocycles. The molecule has 1 unspecified atom stereocenters. The number of carbonyl (C=O) groups excluding carboxylic acids is 1. The Morgan fingerprint density at radius 1 is 1.19 bits per heavy atom. The number of amides is 1. The summed E-state index contributed by atoms with van der Waals surface area (Å²) in [7, 11) is 0. The monoisotopic (exact) mass is 295 g/mol. The molecule has 0 radical (unpaired) electrons. The van der Waals surface area contributed by atoms with Gasteiger partial charge in [0.05, 0.1) is 0 Å². The van der Waals surface area contributed by atoms with Gasteiger partial charge >= 0.3 is 0 Å². The van der Waals surface area contributed by atoms with Crippen LogP contribution in [0.3, 0.4) is 0 Å². The maximum Gasteiger partial charge on any atom is 0.239 e. The average Bonchev–Trinajstić information content (AvgIpc) is 3.30. The summed E-state index contributed by atoms with van der Waals surface area (Å²) >= 11 is 0. The second-order valence-corrected chi connectivity index (χ2v) is 7.04. The van der Waals surface area contributed by atoms with Gasteiger partial charge < -0.3 is 16.0 Å². The van der Waals surface area contributed by atoms with E-state index in [0.29, 0.717) is 5.92 Å². The predicted octanol–water partition coefficient (Wildman–Crippen LogP) is 2.13. The summed E-state index contributed by atoms with van der Waals surface area (Å²) in [6.45, 7) is 8.35. The van der Waals surface area contributed by atoms with E-state index in [1.807, 2.05) is 0 Å². The van der Waals surface area contributed by atoms with Crippen molar-refractivity contribution in [3.8, 4) is 0 Å². The molecule has 2 aliphatic rings. The molecule has 4 nitrogen and oxygen atoms in total. The fourth-order valence-electron chi connectivity index (χ4n) is 3.81. The van der Waals surface area contributed by atoms with Gasteiger partial charge in [-0.25, -0.2) is 0 Å². The van der Waals surface area contributed by atoms with E-state index in [9.17, 15) is 4.79 Å². The summed E-state index contributed by atoms with van der Waals surface area (Å²) in [6.07, 6.45) is 8.53. The van der Waals surface area contributed by atoms with Crippen molar-refractivity contribution in [3.05, 3.63) is 0 Å². The van der Waals surface area contributed by atoms with E-state index in [4.69, 9.17) is 5.73 Å². The van der Waals surface area contributed by atoms with E-state index >= 15 is 0 Å². The number of primary amides is 1. The maximum absolute atomic E-state index is 12.2. The highest BCUT2D eigenvalue weighted by molar-refractivity contribution is 5.86. The molecule has 2 fully saturated rings. The fourth-order valence-corrected chi connectivity index (χ4v) is 3.81. The first-order valence-electron chi connectivity index (χ1n) is 8.89. The molecule has 122 valence electrons. The van der Waals surface area contributed by atoms with Crippen molar-refractivity contribution in [1.82, 2.24) is 10.2 Å². The highest BCUT2D eigenvalue weighted by Gasteiger charge is 2.50. The van der Waals surface area contributed by atoms with E-state index in [0.717, 1.165) is 51.4 Å². The Morgan fingerprint density at radius 2 is 1.86 bits per heavy atom. The van der Waals surface area contributed by atoms with Gasteiger partial charge in [0.15, 0.2) is 0 Å². The minimum absolute atomic E-state index is 0.144. The third-order valence-corrected chi connectivity index (χ3v) is 5.28. The van der Waals surface area contributed by atoms with Gasteiger partial charge in [0.2, 0.25) is 5.91 Å². The van der Waals surface area contributed by atoms with E-state index < -0.39 is 5.54 Å². The first-order valence-corrected chi connectivity index (χ1v) is 8.89. The van der Waals surface area contributed by atoms with Gasteiger partial charge in [-0.1, -0.05) is 26.7 Å². The number of nitrogens with two attached hydrogens (primary N) is 1. The normalized spacial score (nSPS) is 23.9. The molecule has 0 aromatic carbocycles. The van der Waals surface area contributed by atoms with Crippen molar-refractivity contribution in [2.75, 3.05) is 26.2 Å². The lowest BCUT2D eigenvalue weighted by atomic mass is 9.88. The number of hydrogen-bond acceptors (Lipinski definition) is 3. The predicted molar refractivity (Wildman–Crippen MR) is 87.0 cm³/mol. The van der Waals surface area contributed by atoms with E-state index in [1.54, 1.807) is 0 Å². The molecule has 1 aliphatic heterocycles. The van der Waals surface area contributed by atoms with Crippen LogP contribution < -0.4 is 11.1 Å². The molecule has 0 spiro atoms. The number of piperidine rings is 1. The Kier molecular flexibility index (Phi) is 6.06. The molecule has 1 heterocycles. The van der Waals surface area contributed by atoms with Crippen molar-refractivity contribution >= 4 is 5.91 Å². The van der Waals surface area contributed by atoms with Gasteiger partial charge in [0, 0.05) is 6.54 Å². The molecule has 0 aromatic heterocycles. The molecule has 1 saturated carbocycles. The summed E-state index contributed by atoms with van der Waals surface area (Å²) in [5.74, 6) is 1.20. The first kappa shape index (κ1) is 16.8. The molecule has 0 bridgehead atoms. The summed E-state index contributed by atoms with van der Waals surface area (Å²) in [4.78, 5) is 14.7. The quantitative estimate of drug-likeness (QED) is 0.685. The second kappa shape index (κ2) is 7.59. The molecule has 1 saturated heterocycles. The summed E-state index contributed by atoms with van der Waals surface area (Å²) in [5.41, 5.74) is 5.34.